The molecule has 0 radical (unpaired) electrons. The van der Waals surface area contributed by atoms with Gasteiger partial charge in [-0.15, -0.1) is 0 Å². The highest BCUT2D eigenvalue weighted by atomic mass is 16.4. The molecule has 20 heavy (non-hydrogen) atoms. The van der Waals surface area contributed by atoms with Crippen LogP contribution in [0.1, 0.15) is 62.0 Å². The van der Waals surface area contributed by atoms with Gasteiger partial charge in [0, 0.05) is 19.0 Å². The van der Waals surface area contributed by atoms with Crippen LogP contribution in [0.4, 0.5) is 0 Å². The second-order valence-electron chi connectivity index (χ2n) is 5.60. The standard InChI is InChI=1S/C16H22N2O2/c1-2-14-7-8-16(20-14)15(19)11-12-9-10-18(17-12)13-5-3-4-6-13/h7-10,13,15,19H,2-6,11H2,1H3. The number of hydrogen-bond acceptors (Lipinski definition) is 3. The fourth-order valence-electron chi connectivity index (χ4n) is 2.92. The number of furan rings is 1. The fraction of sp³-hybridized carbons (Fsp3) is 0.562. The van der Waals surface area contributed by atoms with Crippen molar-refractivity contribution in [1.82, 2.24) is 9.78 Å². The summed E-state index contributed by atoms with van der Waals surface area (Å²) in [7, 11) is 0. The van der Waals surface area contributed by atoms with Gasteiger partial charge in [-0.3, -0.25) is 4.68 Å². The van der Waals surface area contributed by atoms with Gasteiger partial charge in [-0.25, -0.2) is 0 Å². The normalized spacial score (nSPS) is 17.7. The summed E-state index contributed by atoms with van der Waals surface area (Å²) in [4.78, 5) is 0. The average molecular weight is 274 g/mol. The molecule has 0 aromatic carbocycles. The highest BCUT2D eigenvalue weighted by molar-refractivity contribution is 5.12. The lowest BCUT2D eigenvalue weighted by atomic mass is 10.1. The maximum atomic E-state index is 10.2. The van der Waals surface area contributed by atoms with Crippen LogP contribution >= 0.6 is 0 Å². The summed E-state index contributed by atoms with van der Waals surface area (Å²) in [6.45, 7) is 2.04. The zero-order valence-corrected chi connectivity index (χ0v) is 12.0. The van der Waals surface area contributed by atoms with Gasteiger partial charge in [0.05, 0.1) is 11.7 Å². The van der Waals surface area contributed by atoms with Crippen molar-refractivity contribution in [3.8, 4) is 0 Å². The van der Waals surface area contributed by atoms with Crippen molar-refractivity contribution in [3.63, 3.8) is 0 Å². The van der Waals surface area contributed by atoms with E-state index < -0.39 is 6.10 Å². The zero-order chi connectivity index (χ0) is 13.9. The Hall–Kier alpha value is -1.55. The van der Waals surface area contributed by atoms with E-state index in [4.69, 9.17) is 4.42 Å². The van der Waals surface area contributed by atoms with Gasteiger partial charge in [-0.1, -0.05) is 19.8 Å². The Morgan fingerprint density at radius 1 is 1.35 bits per heavy atom. The van der Waals surface area contributed by atoms with E-state index in [1.165, 1.54) is 25.7 Å². The lowest BCUT2D eigenvalue weighted by Gasteiger charge is -2.09. The molecule has 2 aromatic rings. The maximum absolute atomic E-state index is 10.2. The third-order valence-electron chi connectivity index (χ3n) is 4.12. The SMILES string of the molecule is CCc1ccc(C(O)Cc2ccn(C3CCCC3)n2)o1. The molecule has 1 aliphatic rings. The highest BCUT2D eigenvalue weighted by Crippen LogP contribution is 2.29. The maximum Gasteiger partial charge on any atom is 0.133 e. The molecule has 1 unspecified atom stereocenters. The molecule has 4 heteroatoms. The molecule has 1 N–H and O–H groups in total. The second kappa shape index (κ2) is 5.83. The number of aromatic nitrogens is 2. The van der Waals surface area contributed by atoms with Gasteiger partial charge in [0.2, 0.25) is 0 Å². The first-order chi connectivity index (χ1) is 9.76. The molecule has 0 aliphatic heterocycles. The number of hydrogen-bond donors (Lipinski definition) is 1. The minimum absolute atomic E-state index is 0.510. The lowest BCUT2D eigenvalue weighted by Crippen LogP contribution is -2.07. The van der Waals surface area contributed by atoms with E-state index in [1.54, 1.807) is 0 Å². The molecule has 2 heterocycles. The quantitative estimate of drug-likeness (QED) is 0.908. The van der Waals surface area contributed by atoms with Crippen molar-refractivity contribution >= 4 is 0 Å². The van der Waals surface area contributed by atoms with E-state index in [0.29, 0.717) is 18.2 Å². The van der Waals surface area contributed by atoms with Gasteiger partial charge in [-0.05, 0) is 31.0 Å². The van der Waals surface area contributed by atoms with E-state index in [9.17, 15) is 5.11 Å². The predicted octanol–water partition coefficient (Wildman–Crippen LogP) is 3.43. The molecule has 1 atom stereocenters. The largest absolute Gasteiger partial charge is 0.463 e. The van der Waals surface area contributed by atoms with Gasteiger partial charge in [0.15, 0.2) is 0 Å². The number of aryl methyl sites for hydroxylation is 1. The van der Waals surface area contributed by atoms with Crippen LogP contribution in [0, 0.1) is 0 Å². The van der Waals surface area contributed by atoms with Gasteiger partial charge < -0.3 is 9.52 Å². The molecule has 0 saturated heterocycles. The van der Waals surface area contributed by atoms with Crippen molar-refractivity contribution in [3.05, 3.63) is 41.6 Å². The Labute approximate surface area is 119 Å². The van der Waals surface area contributed by atoms with Crippen molar-refractivity contribution in [2.24, 2.45) is 0 Å². The summed E-state index contributed by atoms with van der Waals surface area (Å²) >= 11 is 0. The molecule has 1 fully saturated rings. The molecule has 1 aliphatic carbocycles. The van der Waals surface area contributed by atoms with E-state index in [-0.39, 0.29) is 0 Å². The first kappa shape index (κ1) is 13.4. The summed E-state index contributed by atoms with van der Waals surface area (Å²) in [6.07, 6.45) is 7.84. The van der Waals surface area contributed by atoms with Crippen LogP contribution in [0.15, 0.2) is 28.8 Å². The number of aliphatic hydroxyl groups is 1. The predicted molar refractivity (Wildman–Crippen MR) is 76.5 cm³/mol. The third kappa shape index (κ3) is 2.80. The van der Waals surface area contributed by atoms with Crippen molar-refractivity contribution in [1.29, 1.82) is 0 Å². The fourth-order valence-corrected chi connectivity index (χ4v) is 2.92. The minimum Gasteiger partial charge on any atom is -0.463 e. The van der Waals surface area contributed by atoms with Crippen LogP contribution in [0.5, 0.6) is 0 Å². The highest BCUT2D eigenvalue weighted by Gasteiger charge is 2.19. The molecule has 1 saturated carbocycles. The summed E-state index contributed by atoms with van der Waals surface area (Å²) < 4.78 is 7.65. The molecule has 2 aromatic heterocycles. The van der Waals surface area contributed by atoms with Crippen LogP contribution in [0.2, 0.25) is 0 Å². The van der Waals surface area contributed by atoms with E-state index in [0.717, 1.165) is 17.9 Å². The Bertz CT molecular complexity index is 552. The van der Waals surface area contributed by atoms with E-state index in [2.05, 4.69) is 9.78 Å². The van der Waals surface area contributed by atoms with Crippen molar-refractivity contribution in [2.75, 3.05) is 0 Å². The molecule has 0 bridgehead atoms. The topological polar surface area (TPSA) is 51.2 Å². The summed E-state index contributed by atoms with van der Waals surface area (Å²) in [5, 5.41) is 14.8. The molecule has 0 amide bonds. The van der Waals surface area contributed by atoms with Crippen LogP contribution in [-0.2, 0) is 12.8 Å². The lowest BCUT2D eigenvalue weighted by molar-refractivity contribution is 0.147. The minimum atomic E-state index is -0.609. The molecule has 108 valence electrons. The first-order valence-electron chi connectivity index (χ1n) is 7.57. The number of nitrogens with zero attached hydrogens (tertiary/aromatic N) is 2. The van der Waals surface area contributed by atoms with Gasteiger partial charge in [-0.2, -0.15) is 5.10 Å². The average Bonchev–Trinajstić information content (AvgIpc) is 3.19. The van der Waals surface area contributed by atoms with E-state index in [1.807, 2.05) is 31.3 Å². The van der Waals surface area contributed by atoms with Crippen molar-refractivity contribution < 1.29 is 9.52 Å². The Morgan fingerprint density at radius 3 is 2.85 bits per heavy atom. The van der Waals surface area contributed by atoms with Crippen LogP contribution < -0.4 is 0 Å². The smallest absolute Gasteiger partial charge is 0.133 e. The Kier molecular flexibility index (Phi) is 3.92. The second-order valence-corrected chi connectivity index (χ2v) is 5.60. The number of aliphatic hydroxyl groups excluding tert-OH is 1. The third-order valence-corrected chi connectivity index (χ3v) is 4.12. The Morgan fingerprint density at radius 2 is 2.15 bits per heavy atom. The summed E-state index contributed by atoms with van der Waals surface area (Å²) in [5.41, 5.74) is 0.929. The van der Waals surface area contributed by atoms with Gasteiger partial charge in [0.25, 0.3) is 0 Å². The van der Waals surface area contributed by atoms with Gasteiger partial charge in [0.1, 0.15) is 17.6 Å². The summed E-state index contributed by atoms with van der Waals surface area (Å²) in [6, 6.07) is 6.34. The van der Waals surface area contributed by atoms with Crippen LogP contribution in [0.3, 0.4) is 0 Å². The molecular formula is C16H22N2O2. The first-order valence-corrected chi connectivity index (χ1v) is 7.57. The Balaban J connectivity index is 1.64. The van der Waals surface area contributed by atoms with Crippen molar-refractivity contribution in [2.45, 2.75) is 57.6 Å². The molecule has 0 spiro atoms. The molecule has 4 nitrogen and oxygen atoms in total. The van der Waals surface area contributed by atoms with E-state index >= 15 is 0 Å². The zero-order valence-electron chi connectivity index (χ0n) is 12.0. The number of rotatable bonds is 5. The van der Waals surface area contributed by atoms with Gasteiger partial charge >= 0.3 is 0 Å². The summed E-state index contributed by atoms with van der Waals surface area (Å²) in [5.74, 6) is 1.55. The molecular weight excluding hydrogens is 252 g/mol. The molecule has 3 rings (SSSR count). The van der Waals surface area contributed by atoms with Crippen LogP contribution in [0.25, 0.3) is 0 Å². The van der Waals surface area contributed by atoms with Crippen LogP contribution in [-0.4, -0.2) is 14.9 Å². The monoisotopic (exact) mass is 274 g/mol.